The molecule has 0 saturated carbocycles. The number of hydrogen-bond donors (Lipinski definition) is 1. The largest absolute Gasteiger partial charge is 0.416 e. The summed E-state index contributed by atoms with van der Waals surface area (Å²) in [6.07, 6.45) is -4.58. The Balaban J connectivity index is 2.25. The number of benzene rings is 1. The van der Waals surface area contributed by atoms with E-state index in [4.69, 9.17) is 23.2 Å². The number of halogens is 5. The topological polar surface area (TPSA) is 42.0 Å². The molecule has 1 heterocycles. The molecular formula is C13H7Cl2F3N2O. The number of amides is 1. The molecule has 8 heteroatoms. The minimum absolute atomic E-state index is 0.231. The van der Waals surface area contributed by atoms with E-state index in [1.807, 2.05) is 0 Å². The minimum atomic E-state index is -4.58. The Morgan fingerprint density at radius 2 is 1.71 bits per heavy atom. The molecule has 21 heavy (non-hydrogen) atoms. The Kier molecular flexibility index (Phi) is 4.39. The molecule has 0 aliphatic heterocycles. The Hall–Kier alpha value is -1.79. The maximum atomic E-state index is 12.6. The molecule has 1 aromatic carbocycles. The van der Waals surface area contributed by atoms with E-state index >= 15 is 0 Å². The number of nitrogens with zero attached hydrogens (tertiary/aromatic N) is 1. The van der Waals surface area contributed by atoms with Crippen molar-refractivity contribution in [3.8, 4) is 0 Å². The van der Waals surface area contributed by atoms with Crippen LogP contribution < -0.4 is 5.32 Å². The van der Waals surface area contributed by atoms with E-state index in [2.05, 4.69) is 10.3 Å². The third-order valence-corrected chi connectivity index (χ3v) is 2.92. The van der Waals surface area contributed by atoms with Gasteiger partial charge in [-0.2, -0.15) is 13.2 Å². The van der Waals surface area contributed by atoms with E-state index < -0.39 is 17.6 Å². The molecule has 1 aromatic heterocycles. The summed E-state index contributed by atoms with van der Waals surface area (Å²) < 4.78 is 37.9. The van der Waals surface area contributed by atoms with Crippen LogP contribution in [-0.2, 0) is 6.18 Å². The number of carbonyl (C=O) groups is 1. The molecule has 2 rings (SSSR count). The summed E-state index contributed by atoms with van der Waals surface area (Å²) in [6.45, 7) is 0. The third kappa shape index (κ3) is 4.09. The average Bonchev–Trinajstić information content (AvgIpc) is 2.37. The van der Waals surface area contributed by atoms with Gasteiger partial charge in [0.1, 0.15) is 11.0 Å². The van der Waals surface area contributed by atoms with Crippen LogP contribution in [0.1, 0.15) is 15.9 Å². The molecule has 1 N–H and O–H groups in total. The maximum absolute atomic E-state index is 12.6. The molecule has 0 bridgehead atoms. The zero-order chi connectivity index (χ0) is 15.6. The van der Waals surface area contributed by atoms with Crippen molar-refractivity contribution < 1.29 is 18.0 Å². The summed E-state index contributed by atoms with van der Waals surface area (Å²) in [5.74, 6) is -0.899. The van der Waals surface area contributed by atoms with E-state index in [1.165, 1.54) is 24.3 Å². The van der Waals surface area contributed by atoms with E-state index in [0.29, 0.717) is 17.2 Å². The Labute approximate surface area is 127 Å². The Bertz CT molecular complexity index is 672. The second-order valence-electron chi connectivity index (χ2n) is 4.02. The van der Waals surface area contributed by atoms with Gasteiger partial charge in [0, 0.05) is 10.6 Å². The van der Waals surface area contributed by atoms with Crippen molar-refractivity contribution in [2.45, 2.75) is 6.18 Å². The summed E-state index contributed by atoms with van der Waals surface area (Å²) in [5, 5.41) is 2.33. The first-order valence-electron chi connectivity index (χ1n) is 5.57. The SMILES string of the molecule is O=C(Nc1cc(C(F)(F)F)cc(Cl)n1)c1ccc(Cl)cc1. The number of aromatic nitrogens is 1. The molecule has 1 amide bonds. The van der Waals surface area contributed by atoms with Gasteiger partial charge < -0.3 is 5.32 Å². The lowest BCUT2D eigenvalue weighted by atomic mass is 10.2. The van der Waals surface area contributed by atoms with Crippen LogP contribution in [0.4, 0.5) is 19.0 Å². The zero-order valence-corrected chi connectivity index (χ0v) is 11.7. The van der Waals surface area contributed by atoms with Gasteiger partial charge in [-0.25, -0.2) is 4.98 Å². The van der Waals surface area contributed by atoms with Gasteiger partial charge in [-0.1, -0.05) is 23.2 Å². The highest BCUT2D eigenvalue weighted by Crippen LogP contribution is 2.32. The van der Waals surface area contributed by atoms with Gasteiger partial charge >= 0.3 is 6.18 Å². The number of hydrogen-bond acceptors (Lipinski definition) is 2. The van der Waals surface area contributed by atoms with Gasteiger partial charge in [0.2, 0.25) is 0 Å². The second-order valence-corrected chi connectivity index (χ2v) is 4.85. The van der Waals surface area contributed by atoms with Crippen molar-refractivity contribution in [1.29, 1.82) is 0 Å². The highest BCUT2D eigenvalue weighted by Gasteiger charge is 2.31. The monoisotopic (exact) mass is 334 g/mol. The van der Waals surface area contributed by atoms with Gasteiger partial charge in [0.05, 0.1) is 5.56 Å². The van der Waals surface area contributed by atoms with Gasteiger partial charge in [0.25, 0.3) is 5.91 Å². The van der Waals surface area contributed by atoms with Crippen LogP contribution in [0.25, 0.3) is 0 Å². The first-order chi connectivity index (χ1) is 9.75. The van der Waals surface area contributed by atoms with Crippen molar-refractivity contribution in [1.82, 2.24) is 4.98 Å². The molecule has 3 nitrogen and oxygen atoms in total. The third-order valence-electron chi connectivity index (χ3n) is 2.47. The summed E-state index contributed by atoms with van der Waals surface area (Å²) in [5.41, 5.74) is -0.761. The maximum Gasteiger partial charge on any atom is 0.416 e. The predicted molar refractivity (Wildman–Crippen MR) is 73.7 cm³/mol. The van der Waals surface area contributed by atoms with Gasteiger partial charge in [0.15, 0.2) is 0 Å². The van der Waals surface area contributed by atoms with E-state index in [9.17, 15) is 18.0 Å². The van der Waals surface area contributed by atoms with Crippen LogP contribution >= 0.6 is 23.2 Å². The fraction of sp³-hybridized carbons (Fsp3) is 0.0769. The molecule has 0 fully saturated rings. The molecule has 0 saturated heterocycles. The zero-order valence-electron chi connectivity index (χ0n) is 10.2. The number of alkyl halides is 3. The van der Waals surface area contributed by atoms with Crippen molar-refractivity contribution in [2.24, 2.45) is 0 Å². The minimum Gasteiger partial charge on any atom is -0.307 e. The number of anilines is 1. The van der Waals surface area contributed by atoms with Crippen LogP contribution in [0.3, 0.4) is 0 Å². The Morgan fingerprint density at radius 3 is 2.29 bits per heavy atom. The quantitative estimate of drug-likeness (QED) is 0.811. The lowest BCUT2D eigenvalue weighted by molar-refractivity contribution is -0.137. The smallest absolute Gasteiger partial charge is 0.307 e. The van der Waals surface area contributed by atoms with E-state index in [-0.39, 0.29) is 16.5 Å². The summed E-state index contributed by atoms with van der Waals surface area (Å²) in [4.78, 5) is 15.5. The van der Waals surface area contributed by atoms with E-state index in [1.54, 1.807) is 0 Å². The van der Waals surface area contributed by atoms with Crippen LogP contribution in [0.5, 0.6) is 0 Å². The van der Waals surface area contributed by atoms with Crippen LogP contribution in [0.2, 0.25) is 10.2 Å². The predicted octanol–water partition coefficient (Wildman–Crippen LogP) is 4.66. The van der Waals surface area contributed by atoms with Gasteiger partial charge in [-0.15, -0.1) is 0 Å². The lowest BCUT2D eigenvalue weighted by Crippen LogP contribution is -2.14. The Morgan fingerprint density at radius 1 is 1.10 bits per heavy atom. The molecule has 0 spiro atoms. The first-order valence-corrected chi connectivity index (χ1v) is 6.33. The molecule has 0 unspecified atom stereocenters. The molecule has 2 aromatic rings. The van der Waals surface area contributed by atoms with Crippen molar-refractivity contribution in [3.05, 3.63) is 57.7 Å². The highest BCUT2D eigenvalue weighted by molar-refractivity contribution is 6.30. The molecule has 0 atom stereocenters. The fourth-order valence-corrected chi connectivity index (χ4v) is 1.85. The summed E-state index contributed by atoms with van der Waals surface area (Å²) in [7, 11) is 0. The normalized spacial score (nSPS) is 11.3. The number of rotatable bonds is 2. The van der Waals surface area contributed by atoms with Gasteiger partial charge in [-0.05, 0) is 36.4 Å². The van der Waals surface area contributed by atoms with Crippen LogP contribution in [0, 0.1) is 0 Å². The molecule has 110 valence electrons. The number of nitrogens with one attached hydrogen (secondary N) is 1. The van der Waals surface area contributed by atoms with Crippen molar-refractivity contribution in [3.63, 3.8) is 0 Å². The second kappa shape index (κ2) is 5.91. The molecule has 0 radical (unpaired) electrons. The standard InChI is InChI=1S/C13H7Cl2F3N2O/c14-9-3-1-7(2-4-9)12(21)20-11-6-8(13(16,17)18)5-10(15)19-11/h1-6H,(H,19,20,21). The number of pyridine rings is 1. The fourth-order valence-electron chi connectivity index (χ4n) is 1.51. The highest BCUT2D eigenvalue weighted by atomic mass is 35.5. The van der Waals surface area contributed by atoms with Crippen molar-refractivity contribution >= 4 is 34.9 Å². The van der Waals surface area contributed by atoms with Crippen LogP contribution in [0.15, 0.2) is 36.4 Å². The molecule has 0 aliphatic carbocycles. The number of carbonyl (C=O) groups excluding carboxylic acids is 1. The molecule has 0 aliphatic rings. The van der Waals surface area contributed by atoms with Crippen LogP contribution in [-0.4, -0.2) is 10.9 Å². The first kappa shape index (κ1) is 15.6. The average molecular weight is 335 g/mol. The lowest BCUT2D eigenvalue weighted by Gasteiger charge is -2.10. The summed E-state index contributed by atoms with van der Waals surface area (Å²) in [6, 6.07) is 7.24. The van der Waals surface area contributed by atoms with E-state index in [0.717, 1.165) is 0 Å². The molecular weight excluding hydrogens is 328 g/mol. The summed E-state index contributed by atoms with van der Waals surface area (Å²) >= 11 is 11.2. The van der Waals surface area contributed by atoms with Crippen molar-refractivity contribution in [2.75, 3.05) is 5.32 Å². The van der Waals surface area contributed by atoms with Gasteiger partial charge in [-0.3, -0.25) is 4.79 Å².